The molecule has 0 fully saturated rings. The number of nitrogens with zero attached hydrogens (tertiary/aromatic N) is 2. The summed E-state index contributed by atoms with van der Waals surface area (Å²) in [5.74, 6) is 0. The molecule has 3 rings (SSSR count). The van der Waals surface area contributed by atoms with E-state index >= 15 is 0 Å². The van der Waals surface area contributed by atoms with E-state index in [0.29, 0.717) is 6.54 Å². The number of amides is 2. The molecule has 4 nitrogen and oxygen atoms in total. The van der Waals surface area contributed by atoms with Gasteiger partial charge in [0, 0.05) is 18.3 Å². The van der Waals surface area contributed by atoms with Crippen LogP contribution in [0.15, 0.2) is 48.5 Å². The van der Waals surface area contributed by atoms with E-state index < -0.39 is 0 Å². The second kappa shape index (κ2) is 7.28. The van der Waals surface area contributed by atoms with E-state index in [0.717, 1.165) is 12.1 Å². The van der Waals surface area contributed by atoms with Crippen LogP contribution in [0, 0.1) is 6.92 Å². The SMILES string of the molecule is Cc1ccc(C(CNC(=O)N2c3ccccc3CC2C)N(C)C)cc1. The van der Waals surface area contributed by atoms with Gasteiger partial charge < -0.3 is 10.2 Å². The molecule has 0 saturated heterocycles. The lowest BCUT2D eigenvalue weighted by Crippen LogP contribution is -2.45. The Bertz CT molecular complexity index is 739. The van der Waals surface area contributed by atoms with Crippen molar-refractivity contribution in [3.63, 3.8) is 0 Å². The summed E-state index contributed by atoms with van der Waals surface area (Å²) in [6, 6.07) is 17.0. The van der Waals surface area contributed by atoms with Crippen molar-refractivity contribution in [1.82, 2.24) is 10.2 Å². The number of urea groups is 1. The fraction of sp³-hybridized carbons (Fsp3) is 0.381. The second-order valence-electron chi connectivity index (χ2n) is 7.13. The van der Waals surface area contributed by atoms with Crippen LogP contribution in [-0.2, 0) is 6.42 Å². The van der Waals surface area contributed by atoms with Crippen LogP contribution in [0.5, 0.6) is 0 Å². The van der Waals surface area contributed by atoms with Gasteiger partial charge in [-0.05, 0) is 51.6 Å². The molecule has 0 aliphatic carbocycles. The molecule has 1 heterocycles. The molecule has 0 aromatic heterocycles. The van der Waals surface area contributed by atoms with E-state index in [1.54, 1.807) is 0 Å². The molecule has 2 aromatic rings. The molecule has 0 spiro atoms. The smallest absolute Gasteiger partial charge is 0.322 e. The van der Waals surface area contributed by atoms with Crippen molar-refractivity contribution in [3.05, 3.63) is 65.2 Å². The van der Waals surface area contributed by atoms with Crippen LogP contribution in [0.2, 0.25) is 0 Å². The van der Waals surface area contributed by atoms with Gasteiger partial charge in [0.2, 0.25) is 0 Å². The maximum atomic E-state index is 12.8. The molecule has 1 N–H and O–H groups in total. The number of para-hydroxylation sites is 1. The highest BCUT2D eigenvalue weighted by atomic mass is 16.2. The molecular formula is C21H27N3O. The van der Waals surface area contributed by atoms with E-state index in [2.05, 4.69) is 54.4 Å². The van der Waals surface area contributed by atoms with Gasteiger partial charge in [0.15, 0.2) is 0 Å². The topological polar surface area (TPSA) is 35.6 Å². The highest BCUT2D eigenvalue weighted by molar-refractivity contribution is 5.94. The average Bonchev–Trinajstić information content (AvgIpc) is 2.92. The largest absolute Gasteiger partial charge is 0.336 e. The standard InChI is InChI=1S/C21H27N3O/c1-15-9-11-17(12-10-15)20(23(3)4)14-22-21(25)24-16(2)13-18-7-5-6-8-19(18)24/h5-12,16,20H,13-14H2,1-4H3,(H,22,25). The number of carbonyl (C=O) groups excluding carboxylic acids is 1. The van der Waals surface area contributed by atoms with Crippen LogP contribution in [0.1, 0.15) is 29.7 Å². The van der Waals surface area contributed by atoms with Crippen molar-refractivity contribution in [2.75, 3.05) is 25.5 Å². The van der Waals surface area contributed by atoms with Crippen LogP contribution in [0.4, 0.5) is 10.5 Å². The van der Waals surface area contributed by atoms with Gasteiger partial charge in [0.05, 0.1) is 6.04 Å². The average molecular weight is 337 g/mol. The van der Waals surface area contributed by atoms with Gasteiger partial charge in [0.1, 0.15) is 0 Å². The Kier molecular flexibility index (Phi) is 5.09. The predicted molar refractivity (Wildman–Crippen MR) is 103 cm³/mol. The molecule has 2 unspecified atom stereocenters. The summed E-state index contributed by atoms with van der Waals surface area (Å²) in [4.78, 5) is 16.9. The molecule has 4 heteroatoms. The van der Waals surface area contributed by atoms with Gasteiger partial charge in [-0.2, -0.15) is 0 Å². The number of rotatable bonds is 4. The minimum Gasteiger partial charge on any atom is -0.336 e. The van der Waals surface area contributed by atoms with Crippen molar-refractivity contribution >= 4 is 11.7 Å². The van der Waals surface area contributed by atoms with E-state index in [1.165, 1.54) is 16.7 Å². The third-order valence-corrected chi connectivity index (χ3v) is 4.96. The quantitative estimate of drug-likeness (QED) is 0.922. The minimum absolute atomic E-state index is 0.0172. The lowest BCUT2D eigenvalue weighted by Gasteiger charge is -2.28. The summed E-state index contributed by atoms with van der Waals surface area (Å²) in [6.07, 6.45) is 0.915. The number of nitrogens with one attached hydrogen (secondary N) is 1. The maximum Gasteiger partial charge on any atom is 0.322 e. The first-order chi connectivity index (χ1) is 12.0. The summed E-state index contributed by atoms with van der Waals surface area (Å²) in [7, 11) is 4.09. The number of likely N-dealkylation sites (N-methyl/N-ethyl adjacent to an activating group) is 1. The Morgan fingerprint density at radius 3 is 2.56 bits per heavy atom. The Morgan fingerprint density at radius 2 is 1.88 bits per heavy atom. The summed E-state index contributed by atoms with van der Waals surface area (Å²) in [5, 5.41) is 3.14. The number of hydrogen-bond acceptors (Lipinski definition) is 2. The summed E-state index contributed by atoms with van der Waals surface area (Å²) >= 11 is 0. The van der Waals surface area contributed by atoms with Crippen LogP contribution >= 0.6 is 0 Å². The molecule has 0 bridgehead atoms. The Morgan fingerprint density at radius 1 is 1.20 bits per heavy atom. The van der Waals surface area contributed by atoms with E-state index in [-0.39, 0.29) is 18.1 Å². The minimum atomic E-state index is -0.0172. The summed E-state index contributed by atoms with van der Waals surface area (Å²) in [6.45, 7) is 4.77. The highest BCUT2D eigenvalue weighted by Crippen LogP contribution is 2.31. The molecule has 1 aliphatic heterocycles. The van der Waals surface area contributed by atoms with Crippen molar-refractivity contribution in [1.29, 1.82) is 0 Å². The van der Waals surface area contributed by atoms with Crippen LogP contribution in [-0.4, -0.2) is 37.6 Å². The zero-order chi connectivity index (χ0) is 18.0. The molecule has 0 saturated carbocycles. The number of benzene rings is 2. The first-order valence-corrected chi connectivity index (χ1v) is 8.85. The fourth-order valence-electron chi connectivity index (χ4n) is 3.53. The number of carbonyl (C=O) groups is 1. The van der Waals surface area contributed by atoms with Gasteiger partial charge in [-0.15, -0.1) is 0 Å². The van der Waals surface area contributed by atoms with Crippen molar-refractivity contribution in [3.8, 4) is 0 Å². The van der Waals surface area contributed by atoms with Crippen LogP contribution in [0.25, 0.3) is 0 Å². The first kappa shape index (κ1) is 17.5. The van der Waals surface area contributed by atoms with Crippen molar-refractivity contribution in [2.24, 2.45) is 0 Å². The molecule has 2 atom stereocenters. The Labute approximate surface area is 150 Å². The zero-order valence-corrected chi connectivity index (χ0v) is 15.5. The molecule has 132 valence electrons. The zero-order valence-electron chi connectivity index (χ0n) is 15.5. The normalized spacial score (nSPS) is 17.5. The fourth-order valence-corrected chi connectivity index (χ4v) is 3.53. The van der Waals surface area contributed by atoms with E-state index in [4.69, 9.17) is 0 Å². The van der Waals surface area contributed by atoms with Gasteiger partial charge in [-0.3, -0.25) is 4.90 Å². The number of hydrogen-bond donors (Lipinski definition) is 1. The Balaban J connectivity index is 1.71. The van der Waals surface area contributed by atoms with E-state index in [9.17, 15) is 4.79 Å². The molecule has 2 amide bonds. The molecular weight excluding hydrogens is 310 g/mol. The van der Waals surface area contributed by atoms with Gasteiger partial charge in [-0.1, -0.05) is 48.0 Å². The molecule has 2 aromatic carbocycles. The Hall–Kier alpha value is -2.33. The van der Waals surface area contributed by atoms with Crippen molar-refractivity contribution < 1.29 is 4.79 Å². The summed E-state index contributed by atoms with van der Waals surface area (Å²) in [5.41, 5.74) is 4.73. The third-order valence-electron chi connectivity index (χ3n) is 4.96. The van der Waals surface area contributed by atoms with Crippen LogP contribution < -0.4 is 10.2 Å². The van der Waals surface area contributed by atoms with Gasteiger partial charge >= 0.3 is 6.03 Å². The first-order valence-electron chi connectivity index (χ1n) is 8.85. The summed E-state index contributed by atoms with van der Waals surface area (Å²) < 4.78 is 0. The second-order valence-corrected chi connectivity index (χ2v) is 7.13. The van der Waals surface area contributed by atoms with E-state index in [1.807, 2.05) is 37.2 Å². The number of anilines is 1. The lowest BCUT2D eigenvalue weighted by atomic mass is 10.0. The monoisotopic (exact) mass is 337 g/mol. The highest BCUT2D eigenvalue weighted by Gasteiger charge is 2.30. The van der Waals surface area contributed by atoms with Crippen molar-refractivity contribution in [2.45, 2.75) is 32.4 Å². The number of fused-ring (bicyclic) bond motifs is 1. The number of aryl methyl sites for hydroxylation is 1. The van der Waals surface area contributed by atoms with Gasteiger partial charge in [0.25, 0.3) is 0 Å². The maximum absolute atomic E-state index is 12.8. The molecule has 25 heavy (non-hydrogen) atoms. The third kappa shape index (κ3) is 3.69. The van der Waals surface area contributed by atoms with Gasteiger partial charge in [-0.25, -0.2) is 4.79 Å². The van der Waals surface area contributed by atoms with Crippen LogP contribution in [0.3, 0.4) is 0 Å². The predicted octanol–water partition coefficient (Wildman–Crippen LogP) is 3.76. The lowest BCUT2D eigenvalue weighted by molar-refractivity contribution is 0.236. The molecule has 1 aliphatic rings. The molecule has 0 radical (unpaired) electrons.